The maximum absolute atomic E-state index is 13.3. The van der Waals surface area contributed by atoms with Crippen LogP contribution in [0.2, 0.25) is 0 Å². The fourth-order valence-corrected chi connectivity index (χ4v) is 5.10. The Labute approximate surface area is 174 Å². The number of halogens is 1. The number of methoxy groups -OCH3 is 1. The molecule has 0 amide bonds. The molecule has 1 atom stereocenters. The van der Waals surface area contributed by atoms with Gasteiger partial charge in [-0.1, -0.05) is 70.0 Å². The fraction of sp³-hybridized carbons (Fsp3) is 0.182. The summed E-state index contributed by atoms with van der Waals surface area (Å²) in [4.78, 5) is 0.0927. The molecule has 0 aliphatic heterocycles. The number of benzene rings is 3. The minimum Gasteiger partial charge on any atom is -0.495 e. The van der Waals surface area contributed by atoms with Gasteiger partial charge in [-0.25, -0.2) is 8.42 Å². The predicted octanol–water partition coefficient (Wildman–Crippen LogP) is 5.14. The lowest BCUT2D eigenvalue weighted by Crippen LogP contribution is -2.30. The second-order valence-electron chi connectivity index (χ2n) is 6.62. The van der Waals surface area contributed by atoms with Gasteiger partial charge in [-0.2, -0.15) is 4.72 Å². The van der Waals surface area contributed by atoms with Crippen molar-refractivity contribution in [2.75, 3.05) is 7.11 Å². The topological polar surface area (TPSA) is 55.4 Å². The Bertz CT molecular complexity index is 1080. The van der Waals surface area contributed by atoms with Crippen LogP contribution in [0.4, 0.5) is 0 Å². The van der Waals surface area contributed by atoms with Gasteiger partial charge in [0.1, 0.15) is 10.6 Å². The Hall–Kier alpha value is -2.15. The monoisotopic (exact) mass is 459 g/mol. The molecule has 146 valence electrons. The highest BCUT2D eigenvalue weighted by Gasteiger charge is 2.26. The Morgan fingerprint density at radius 1 is 0.964 bits per heavy atom. The first-order valence-corrected chi connectivity index (χ1v) is 11.1. The summed E-state index contributed by atoms with van der Waals surface area (Å²) in [5.74, 6) is 0.295. The summed E-state index contributed by atoms with van der Waals surface area (Å²) >= 11 is 3.35. The van der Waals surface area contributed by atoms with E-state index < -0.39 is 16.1 Å². The molecule has 1 unspecified atom stereocenters. The molecule has 0 saturated heterocycles. The Kier molecular flexibility index (Phi) is 6.23. The van der Waals surface area contributed by atoms with Gasteiger partial charge in [-0.3, -0.25) is 0 Å². The number of ether oxygens (including phenoxy) is 1. The number of aryl methyl sites for hydroxylation is 2. The van der Waals surface area contributed by atoms with Gasteiger partial charge in [0.2, 0.25) is 10.0 Å². The van der Waals surface area contributed by atoms with Crippen LogP contribution in [0.15, 0.2) is 76.1 Å². The molecule has 0 bridgehead atoms. The van der Waals surface area contributed by atoms with Crippen molar-refractivity contribution in [3.05, 3.63) is 93.5 Å². The lowest BCUT2D eigenvalue weighted by molar-refractivity contribution is 0.402. The molecule has 0 fully saturated rings. The minimum absolute atomic E-state index is 0.0927. The molecular weight excluding hydrogens is 438 g/mol. The van der Waals surface area contributed by atoms with Gasteiger partial charge < -0.3 is 4.74 Å². The van der Waals surface area contributed by atoms with Gasteiger partial charge in [-0.15, -0.1) is 0 Å². The number of sulfonamides is 1. The molecule has 0 saturated carbocycles. The maximum atomic E-state index is 13.3. The van der Waals surface area contributed by atoms with Gasteiger partial charge in [0.05, 0.1) is 13.2 Å². The van der Waals surface area contributed by atoms with Crippen LogP contribution >= 0.6 is 15.9 Å². The third kappa shape index (κ3) is 4.46. The Morgan fingerprint density at radius 2 is 1.68 bits per heavy atom. The van der Waals surface area contributed by atoms with Crippen molar-refractivity contribution in [2.45, 2.75) is 24.8 Å². The van der Waals surface area contributed by atoms with Crippen molar-refractivity contribution in [3.8, 4) is 5.75 Å². The summed E-state index contributed by atoms with van der Waals surface area (Å²) in [5.41, 5.74) is 3.93. The van der Waals surface area contributed by atoms with Gasteiger partial charge in [-0.05, 0) is 48.7 Å². The first kappa shape index (κ1) is 20.6. The Morgan fingerprint density at radius 3 is 2.32 bits per heavy atom. The van der Waals surface area contributed by atoms with E-state index in [9.17, 15) is 8.42 Å². The van der Waals surface area contributed by atoms with Crippen LogP contribution in [0, 0.1) is 13.8 Å². The summed E-state index contributed by atoms with van der Waals surface area (Å²) in [6.07, 6.45) is 0. The second-order valence-corrected chi connectivity index (χ2v) is 9.22. The van der Waals surface area contributed by atoms with Crippen molar-refractivity contribution >= 4 is 26.0 Å². The molecule has 0 radical (unpaired) electrons. The summed E-state index contributed by atoms with van der Waals surface area (Å²) in [6, 6.07) is 20.0. The first-order chi connectivity index (χ1) is 13.3. The summed E-state index contributed by atoms with van der Waals surface area (Å²) < 4.78 is 35.4. The third-order valence-corrected chi connectivity index (χ3v) is 6.49. The third-order valence-electron chi connectivity index (χ3n) is 4.56. The Balaban J connectivity index is 2.11. The predicted molar refractivity (Wildman–Crippen MR) is 115 cm³/mol. The van der Waals surface area contributed by atoms with Gasteiger partial charge >= 0.3 is 0 Å². The molecule has 3 aromatic rings. The molecule has 0 heterocycles. The van der Waals surface area contributed by atoms with Crippen LogP contribution in [0.3, 0.4) is 0 Å². The molecule has 6 heteroatoms. The van der Waals surface area contributed by atoms with Crippen LogP contribution in [-0.4, -0.2) is 15.5 Å². The van der Waals surface area contributed by atoms with Crippen molar-refractivity contribution in [1.82, 2.24) is 4.72 Å². The number of hydrogen-bond donors (Lipinski definition) is 1. The van der Waals surface area contributed by atoms with Crippen molar-refractivity contribution in [1.29, 1.82) is 0 Å². The van der Waals surface area contributed by atoms with E-state index in [4.69, 9.17) is 4.74 Å². The summed E-state index contributed by atoms with van der Waals surface area (Å²) in [7, 11) is -2.39. The lowest BCUT2D eigenvalue weighted by atomic mass is 9.95. The van der Waals surface area contributed by atoms with Crippen molar-refractivity contribution in [3.63, 3.8) is 0 Å². The molecule has 3 rings (SSSR count). The minimum atomic E-state index is -3.85. The van der Waals surface area contributed by atoms with Gasteiger partial charge in [0.25, 0.3) is 0 Å². The highest BCUT2D eigenvalue weighted by atomic mass is 79.9. The smallest absolute Gasteiger partial charge is 0.245 e. The highest BCUT2D eigenvalue weighted by Crippen LogP contribution is 2.31. The number of rotatable bonds is 6. The normalized spacial score (nSPS) is 12.6. The molecule has 0 aromatic heterocycles. The fourth-order valence-electron chi connectivity index (χ4n) is 3.19. The molecule has 3 aromatic carbocycles. The summed E-state index contributed by atoms with van der Waals surface area (Å²) in [5, 5.41) is 0. The maximum Gasteiger partial charge on any atom is 0.245 e. The van der Waals surface area contributed by atoms with Crippen LogP contribution in [0.25, 0.3) is 0 Å². The van der Waals surface area contributed by atoms with E-state index >= 15 is 0 Å². The standard InChI is InChI=1S/C22H22BrNO3S/c1-15-9-11-19(16(2)13-15)22(17-7-5-4-6-8-17)24-28(25,26)21-14-18(23)10-12-20(21)27-3/h4-14,22,24H,1-3H3. The second kappa shape index (κ2) is 8.47. The van der Waals surface area contributed by atoms with Crippen molar-refractivity contribution in [2.24, 2.45) is 0 Å². The van der Waals surface area contributed by atoms with Crippen LogP contribution < -0.4 is 9.46 Å². The largest absolute Gasteiger partial charge is 0.495 e. The zero-order valence-electron chi connectivity index (χ0n) is 15.9. The van der Waals surface area contributed by atoms with Crippen molar-refractivity contribution < 1.29 is 13.2 Å². The van der Waals surface area contributed by atoms with E-state index in [1.807, 2.05) is 56.3 Å². The van der Waals surface area contributed by atoms with E-state index in [1.165, 1.54) is 7.11 Å². The van der Waals surface area contributed by atoms with E-state index in [2.05, 4.69) is 26.7 Å². The molecule has 0 aliphatic rings. The van der Waals surface area contributed by atoms with Crippen LogP contribution in [0.1, 0.15) is 28.3 Å². The SMILES string of the molecule is COc1ccc(Br)cc1S(=O)(=O)NC(c1ccccc1)c1ccc(C)cc1C. The molecule has 28 heavy (non-hydrogen) atoms. The first-order valence-electron chi connectivity index (χ1n) is 8.80. The molecule has 0 spiro atoms. The molecule has 0 aliphatic carbocycles. The van der Waals surface area contributed by atoms with Crippen LogP contribution in [-0.2, 0) is 10.0 Å². The van der Waals surface area contributed by atoms with E-state index in [0.29, 0.717) is 10.2 Å². The quantitative estimate of drug-likeness (QED) is 0.554. The number of hydrogen-bond acceptors (Lipinski definition) is 3. The average molecular weight is 460 g/mol. The summed E-state index contributed by atoms with van der Waals surface area (Å²) in [6.45, 7) is 4.01. The van der Waals surface area contributed by atoms with Crippen LogP contribution in [0.5, 0.6) is 5.75 Å². The van der Waals surface area contributed by atoms with Gasteiger partial charge in [0, 0.05) is 4.47 Å². The lowest BCUT2D eigenvalue weighted by Gasteiger charge is -2.22. The number of nitrogens with one attached hydrogen (secondary N) is 1. The molecule has 4 nitrogen and oxygen atoms in total. The van der Waals surface area contributed by atoms with E-state index in [-0.39, 0.29) is 4.90 Å². The molecular formula is C22H22BrNO3S. The molecule has 1 N–H and O–H groups in total. The van der Waals surface area contributed by atoms with E-state index in [1.54, 1.807) is 18.2 Å². The van der Waals surface area contributed by atoms with E-state index in [0.717, 1.165) is 22.3 Å². The zero-order chi connectivity index (χ0) is 20.3. The van der Waals surface area contributed by atoms with Gasteiger partial charge in [0.15, 0.2) is 0 Å². The highest BCUT2D eigenvalue weighted by molar-refractivity contribution is 9.10. The average Bonchev–Trinajstić information content (AvgIpc) is 2.67. The zero-order valence-corrected chi connectivity index (χ0v) is 18.3.